The summed E-state index contributed by atoms with van der Waals surface area (Å²) in [4.78, 5) is 26.2. The molecule has 0 aliphatic carbocycles. The summed E-state index contributed by atoms with van der Waals surface area (Å²) in [7, 11) is 1.24. The molecule has 1 fully saturated rings. The summed E-state index contributed by atoms with van der Waals surface area (Å²) in [6.07, 6.45) is 1.92. The minimum Gasteiger partial charge on any atom is -0.438 e. The first-order valence-corrected chi connectivity index (χ1v) is 6.46. The third-order valence-electron chi connectivity index (χ3n) is 3.14. The predicted molar refractivity (Wildman–Crippen MR) is 70.2 cm³/mol. The smallest absolute Gasteiger partial charge is 0.438 e. The largest absolute Gasteiger partial charge is 0.508 e. The topological polar surface area (TPSA) is 112 Å². The Hall–Kier alpha value is -2.13. The van der Waals surface area contributed by atoms with E-state index in [4.69, 9.17) is 14.7 Å². The molecular formula is C12H17N3O6. The molecule has 1 aliphatic rings. The lowest BCUT2D eigenvalue weighted by molar-refractivity contribution is -0.0154. The fourth-order valence-electron chi connectivity index (χ4n) is 2.11. The van der Waals surface area contributed by atoms with Gasteiger partial charge in [0.1, 0.15) is 6.61 Å². The lowest BCUT2D eigenvalue weighted by atomic mass is 10.2. The Morgan fingerprint density at radius 3 is 3.00 bits per heavy atom. The normalized spacial score (nSPS) is 21.0. The fourth-order valence-corrected chi connectivity index (χ4v) is 2.11. The highest BCUT2D eigenvalue weighted by molar-refractivity contribution is 5.59. The van der Waals surface area contributed by atoms with Gasteiger partial charge in [0.2, 0.25) is 0 Å². The van der Waals surface area contributed by atoms with Crippen LogP contribution < -0.4 is 11.2 Å². The van der Waals surface area contributed by atoms with Gasteiger partial charge in [0.15, 0.2) is 5.82 Å². The Kier molecular flexibility index (Phi) is 5.12. The third-order valence-corrected chi connectivity index (χ3v) is 3.14. The molecule has 2 N–H and O–H groups in total. The second-order valence-corrected chi connectivity index (χ2v) is 4.58. The van der Waals surface area contributed by atoms with Crippen LogP contribution in [0.3, 0.4) is 0 Å². The molecule has 0 radical (unpaired) electrons. The van der Waals surface area contributed by atoms with Gasteiger partial charge >= 0.3 is 11.8 Å². The number of anilines is 1. The Morgan fingerprint density at radius 1 is 1.57 bits per heavy atom. The van der Waals surface area contributed by atoms with Crippen molar-refractivity contribution in [1.29, 1.82) is 0 Å². The molecule has 0 unspecified atom stereocenters. The molecule has 0 amide bonds. The number of carbonyl (C=O) groups excluding carboxylic acids is 1. The molecule has 9 nitrogen and oxygen atoms in total. The van der Waals surface area contributed by atoms with Crippen LogP contribution in [0.5, 0.6) is 0 Å². The van der Waals surface area contributed by atoms with Gasteiger partial charge in [-0.25, -0.2) is 9.59 Å². The minimum atomic E-state index is -0.741. The van der Waals surface area contributed by atoms with Gasteiger partial charge in [-0.3, -0.25) is 15.3 Å². The minimum absolute atomic E-state index is 0.0907. The van der Waals surface area contributed by atoms with E-state index in [-0.39, 0.29) is 24.6 Å². The lowest BCUT2D eigenvalue weighted by Crippen LogP contribution is -2.29. The molecule has 1 aromatic rings. The van der Waals surface area contributed by atoms with Crippen molar-refractivity contribution >= 4 is 12.0 Å². The van der Waals surface area contributed by atoms with Crippen molar-refractivity contribution in [2.45, 2.75) is 31.6 Å². The molecule has 0 saturated carbocycles. The van der Waals surface area contributed by atoms with E-state index in [9.17, 15) is 9.59 Å². The van der Waals surface area contributed by atoms with Crippen LogP contribution in [0.2, 0.25) is 0 Å². The summed E-state index contributed by atoms with van der Waals surface area (Å²) in [6.45, 7) is 0.482. The van der Waals surface area contributed by atoms with Crippen LogP contribution in [0.4, 0.5) is 10.6 Å². The van der Waals surface area contributed by atoms with Gasteiger partial charge in [-0.2, -0.15) is 4.98 Å². The van der Waals surface area contributed by atoms with E-state index in [0.717, 1.165) is 12.8 Å². The molecule has 21 heavy (non-hydrogen) atoms. The number of hydrogen-bond acceptors (Lipinski definition) is 8. The van der Waals surface area contributed by atoms with Gasteiger partial charge in [-0.15, -0.1) is 0 Å². The highest BCUT2D eigenvalue weighted by atomic mass is 16.7. The Morgan fingerprint density at radius 2 is 2.33 bits per heavy atom. The molecule has 116 valence electrons. The molecule has 0 aromatic carbocycles. The molecular weight excluding hydrogens is 282 g/mol. The molecule has 1 saturated heterocycles. The van der Waals surface area contributed by atoms with Crippen molar-refractivity contribution in [3.8, 4) is 0 Å². The van der Waals surface area contributed by atoms with Crippen LogP contribution in [-0.4, -0.2) is 46.8 Å². The molecule has 1 aliphatic heterocycles. The summed E-state index contributed by atoms with van der Waals surface area (Å²) in [6, 6.07) is 1.48. The average molecular weight is 299 g/mol. The maximum atomic E-state index is 11.7. The number of hydrogen-bond donors (Lipinski definition) is 2. The van der Waals surface area contributed by atoms with Crippen molar-refractivity contribution in [1.82, 2.24) is 9.55 Å². The van der Waals surface area contributed by atoms with E-state index in [1.807, 2.05) is 5.48 Å². The average Bonchev–Trinajstić information content (AvgIpc) is 2.94. The molecule has 2 atom stereocenters. The molecule has 9 heteroatoms. The standard InChI is InChI=1S/C12H17N3O6/c1-19-12(17)20-7-9-3-2-8(21-9)6-15-5-4-10(14-18)13-11(15)16/h4-5,8-9,18H,2-3,6-7H2,1H3,(H,13,14,16)/t8-,9+/m1/s1. The molecule has 2 heterocycles. The highest BCUT2D eigenvalue weighted by Gasteiger charge is 2.27. The van der Waals surface area contributed by atoms with Crippen LogP contribution >= 0.6 is 0 Å². The SMILES string of the molecule is COC(=O)OC[C@@H]1CC[C@H](Cn2ccc(NO)nc2=O)O1. The zero-order valence-electron chi connectivity index (χ0n) is 11.5. The van der Waals surface area contributed by atoms with E-state index in [1.165, 1.54) is 23.9 Å². The van der Waals surface area contributed by atoms with Gasteiger partial charge in [-0.1, -0.05) is 0 Å². The van der Waals surface area contributed by atoms with E-state index in [1.54, 1.807) is 0 Å². The van der Waals surface area contributed by atoms with E-state index >= 15 is 0 Å². The first kappa shape index (κ1) is 15.3. The van der Waals surface area contributed by atoms with Crippen LogP contribution in [0, 0.1) is 0 Å². The summed E-state index contributed by atoms with van der Waals surface area (Å²) < 4.78 is 16.3. The quantitative estimate of drug-likeness (QED) is 0.592. The number of methoxy groups -OCH3 is 1. The van der Waals surface area contributed by atoms with Gasteiger partial charge in [0.05, 0.1) is 25.9 Å². The maximum absolute atomic E-state index is 11.7. The van der Waals surface area contributed by atoms with Crippen LogP contribution in [0.25, 0.3) is 0 Å². The van der Waals surface area contributed by atoms with Gasteiger partial charge in [-0.05, 0) is 18.9 Å². The number of nitrogens with one attached hydrogen (secondary N) is 1. The van der Waals surface area contributed by atoms with Gasteiger partial charge < -0.3 is 14.2 Å². The van der Waals surface area contributed by atoms with Crippen LogP contribution in [-0.2, 0) is 20.8 Å². The third kappa shape index (κ3) is 4.17. The number of rotatable bonds is 5. The Labute approximate surface area is 120 Å². The van der Waals surface area contributed by atoms with Gasteiger partial charge in [0.25, 0.3) is 0 Å². The molecule has 0 bridgehead atoms. The summed E-state index contributed by atoms with van der Waals surface area (Å²) in [5.41, 5.74) is 1.33. The zero-order valence-corrected chi connectivity index (χ0v) is 11.5. The van der Waals surface area contributed by atoms with Crippen LogP contribution in [0.15, 0.2) is 17.1 Å². The van der Waals surface area contributed by atoms with Crippen molar-refractivity contribution in [3.05, 3.63) is 22.7 Å². The second kappa shape index (κ2) is 7.04. The Balaban J connectivity index is 1.85. The number of carbonyl (C=O) groups is 1. The maximum Gasteiger partial charge on any atom is 0.508 e. The number of aromatic nitrogens is 2. The summed E-state index contributed by atoms with van der Waals surface area (Å²) in [5.74, 6) is 0.0907. The Bertz CT molecular complexity index is 546. The first-order chi connectivity index (χ1) is 10.1. The van der Waals surface area contributed by atoms with E-state index in [2.05, 4.69) is 9.72 Å². The number of nitrogens with zero attached hydrogens (tertiary/aromatic N) is 2. The molecule has 1 aromatic heterocycles. The fraction of sp³-hybridized carbons (Fsp3) is 0.583. The lowest BCUT2D eigenvalue weighted by Gasteiger charge is -2.14. The monoisotopic (exact) mass is 299 g/mol. The van der Waals surface area contributed by atoms with Crippen molar-refractivity contribution in [3.63, 3.8) is 0 Å². The molecule has 2 rings (SSSR count). The summed E-state index contributed by atoms with van der Waals surface area (Å²) in [5, 5.41) is 8.66. The second-order valence-electron chi connectivity index (χ2n) is 4.58. The molecule has 0 spiro atoms. The highest BCUT2D eigenvalue weighted by Crippen LogP contribution is 2.21. The van der Waals surface area contributed by atoms with Crippen molar-refractivity contribution in [2.75, 3.05) is 19.2 Å². The summed E-state index contributed by atoms with van der Waals surface area (Å²) >= 11 is 0. The van der Waals surface area contributed by atoms with Gasteiger partial charge in [0, 0.05) is 6.20 Å². The predicted octanol–water partition coefficient (Wildman–Crippen LogP) is 0.375. The van der Waals surface area contributed by atoms with Crippen molar-refractivity contribution < 1.29 is 24.2 Å². The van der Waals surface area contributed by atoms with Crippen molar-refractivity contribution in [2.24, 2.45) is 0 Å². The zero-order chi connectivity index (χ0) is 15.2. The van der Waals surface area contributed by atoms with E-state index < -0.39 is 11.8 Å². The first-order valence-electron chi connectivity index (χ1n) is 6.46. The van der Waals surface area contributed by atoms with Crippen LogP contribution in [0.1, 0.15) is 12.8 Å². The number of ether oxygens (including phenoxy) is 3. The van der Waals surface area contributed by atoms with E-state index in [0.29, 0.717) is 6.54 Å².